The van der Waals surface area contributed by atoms with Gasteiger partial charge in [0.25, 0.3) is 0 Å². The molecule has 2 rings (SSSR count). The molecule has 0 unspecified atom stereocenters. The van der Waals surface area contributed by atoms with Crippen LogP contribution in [0.3, 0.4) is 0 Å². The van der Waals surface area contributed by atoms with Crippen LogP contribution >= 0.6 is 0 Å². The van der Waals surface area contributed by atoms with Gasteiger partial charge in [-0.05, 0) is 30.0 Å². The Morgan fingerprint density at radius 2 is 2.24 bits per heavy atom. The van der Waals surface area contributed by atoms with E-state index in [1.165, 1.54) is 23.1 Å². The number of cyclic esters (lactones) is 1. The van der Waals surface area contributed by atoms with Gasteiger partial charge in [-0.15, -0.1) is 0 Å². The summed E-state index contributed by atoms with van der Waals surface area (Å²) in [4.78, 5) is 13.1. The second-order valence-corrected chi connectivity index (χ2v) is 4.55. The topological polar surface area (TPSA) is 29.5 Å². The molecule has 0 aromatic heterocycles. The Morgan fingerprint density at radius 3 is 2.82 bits per heavy atom. The predicted molar refractivity (Wildman–Crippen MR) is 66.9 cm³/mol. The van der Waals surface area contributed by atoms with E-state index in [0.29, 0.717) is 19.7 Å². The Bertz CT molecular complexity index is 415. The van der Waals surface area contributed by atoms with Crippen LogP contribution in [0.25, 0.3) is 0 Å². The highest BCUT2D eigenvalue weighted by molar-refractivity contribution is 5.69. The fourth-order valence-corrected chi connectivity index (χ4v) is 2.20. The second-order valence-electron chi connectivity index (χ2n) is 4.55. The molecule has 92 valence electrons. The van der Waals surface area contributed by atoms with Crippen molar-refractivity contribution in [3.63, 3.8) is 0 Å². The number of benzene rings is 1. The van der Waals surface area contributed by atoms with Gasteiger partial charge in [-0.2, -0.15) is 0 Å². The zero-order valence-corrected chi connectivity index (χ0v) is 10.5. The Morgan fingerprint density at radius 1 is 1.41 bits per heavy atom. The Hall–Kier alpha value is -1.51. The highest BCUT2D eigenvalue weighted by atomic mass is 16.6. The first kappa shape index (κ1) is 12.0. The van der Waals surface area contributed by atoms with Crippen LogP contribution in [-0.2, 0) is 17.7 Å². The molecule has 3 nitrogen and oxygen atoms in total. The molecule has 1 heterocycles. The van der Waals surface area contributed by atoms with Crippen molar-refractivity contribution >= 4 is 6.09 Å². The minimum atomic E-state index is -0.194. The third-order valence-electron chi connectivity index (χ3n) is 3.14. The molecule has 0 radical (unpaired) electrons. The van der Waals surface area contributed by atoms with Gasteiger partial charge >= 0.3 is 6.09 Å². The SMILES string of the molecule is CCCc1ccc(CN2CCOC2=O)cc1C. The van der Waals surface area contributed by atoms with Gasteiger partial charge in [0.1, 0.15) is 6.61 Å². The normalized spacial score (nSPS) is 15.2. The largest absolute Gasteiger partial charge is 0.448 e. The molecule has 0 N–H and O–H groups in total. The lowest BCUT2D eigenvalue weighted by atomic mass is 10.0. The average molecular weight is 233 g/mol. The van der Waals surface area contributed by atoms with E-state index in [0.717, 1.165) is 6.42 Å². The van der Waals surface area contributed by atoms with Crippen molar-refractivity contribution in [2.45, 2.75) is 33.2 Å². The minimum Gasteiger partial charge on any atom is -0.448 e. The average Bonchev–Trinajstić information content (AvgIpc) is 2.69. The molecule has 0 saturated carbocycles. The molecule has 0 spiro atoms. The van der Waals surface area contributed by atoms with Gasteiger partial charge < -0.3 is 9.64 Å². The number of hydrogen-bond donors (Lipinski definition) is 0. The van der Waals surface area contributed by atoms with Gasteiger partial charge in [0.15, 0.2) is 0 Å². The number of rotatable bonds is 4. The lowest BCUT2D eigenvalue weighted by molar-refractivity contribution is 0.157. The minimum absolute atomic E-state index is 0.194. The summed E-state index contributed by atoms with van der Waals surface area (Å²) in [6, 6.07) is 6.47. The van der Waals surface area contributed by atoms with Gasteiger partial charge in [0.2, 0.25) is 0 Å². The van der Waals surface area contributed by atoms with Gasteiger partial charge in [0, 0.05) is 6.54 Å². The van der Waals surface area contributed by atoms with Gasteiger partial charge in [-0.1, -0.05) is 31.5 Å². The summed E-state index contributed by atoms with van der Waals surface area (Å²) in [7, 11) is 0. The molecule has 1 aliphatic heterocycles. The smallest absolute Gasteiger partial charge is 0.410 e. The first-order chi connectivity index (χ1) is 8.20. The van der Waals surface area contributed by atoms with Crippen molar-refractivity contribution in [2.75, 3.05) is 13.2 Å². The summed E-state index contributed by atoms with van der Waals surface area (Å²) in [6.07, 6.45) is 2.09. The molecule has 1 amide bonds. The first-order valence-electron chi connectivity index (χ1n) is 6.21. The van der Waals surface area contributed by atoms with E-state index >= 15 is 0 Å². The van der Waals surface area contributed by atoms with Crippen molar-refractivity contribution < 1.29 is 9.53 Å². The van der Waals surface area contributed by atoms with E-state index in [9.17, 15) is 4.79 Å². The Kier molecular flexibility index (Phi) is 3.67. The highest BCUT2D eigenvalue weighted by Gasteiger charge is 2.21. The van der Waals surface area contributed by atoms with E-state index in [2.05, 4.69) is 32.0 Å². The predicted octanol–water partition coefficient (Wildman–Crippen LogP) is 2.90. The highest BCUT2D eigenvalue weighted by Crippen LogP contribution is 2.16. The maximum atomic E-state index is 11.3. The van der Waals surface area contributed by atoms with Gasteiger partial charge in [0.05, 0.1) is 6.54 Å². The number of amides is 1. The van der Waals surface area contributed by atoms with E-state index < -0.39 is 0 Å². The third kappa shape index (κ3) is 2.78. The standard InChI is InChI=1S/C14H19NO2/c1-3-4-13-6-5-12(9-11(13)2)10-15-7-8-17-14(15)16/h5-6,9H,3-4,7-8,10H2,1-2H3. The van der Waals surface area contributed by atoms with Crippen molar-refractivity contribution in [3.05, 3.63) is 34.9 Å². The van der Waals surface area contributed by atoms with Gasteiger partial charge in [-0.25, -0.2) is 4.79 Å². The fourth-order valence-electron chi connectivity index (χ4n) is 2.20. The number of carbonyl (C=O) groups excluding carboxylic acids is 1. The van der Waals surface area contributed by atoms with Gasteiger partial charge in [-0.3, -0.25) is 0 Å². The number of nitrogens with zero attached hydrogens (tertiary/aromatic N) is 1. The zero-order chi connectivity index (χ0) is 12.3. The molecule has 1 saturated heterocycles. The summed E-state index contributed by atoms with van der Waals surface area (Å²) in [5.41, 5.74) is 3.90. The molecule has 1 aromatic rings. The van der Waals surface area contributed by atoms with Crippen molar-refractivity contribution in [1.82, 2.24) is 4.90 Å². The number of carbonyl (C=O) groups is 1. The quantitative estimate of drug-likeness (QED) is 0.800. The maximum Gasteiger partial charge on any atom is 0.410 e. The van der Waals surface area contributed by atoms with Crippen molar-refractivity contribution in [3.8, 4) is 0 Å². The third-order valence-corrected chi connectivity index (χ3v) is 3.14. The van der Waals surface area contributed by atoms with E-state index in [1.54, 1.807) is 4.90 Å². The molecule has 17 heavy (non-hydrogen) atoms. The van der Waals surface area contributed by atoms with E-state index in [-0.39, 0.29) is 6.09 Å². The lowest BCUT2D eigenvalue weighted by Gasteiger charge is -2.14. The zero-order valence-electron chi connectivity index (χ0n) is 10.5. The lowest BCUT2D eigenvalue weighted by Crippen LogP contribution is -2.23. The molecule has 0 bridgehead atoms. The molecule has 1 aromatic carbocycles. The molecule has 1 fully saturated rings. The Balaban J connectivity index is 2.06. The number of ether oxygens (including phenoxy) is 1. The Labute approximate surface area is 102 Å². The van der Waals surface area contributed by atoms with Crippen LogP contribution in [0.5, 0.6) is 0 Å². The van der Waals surface area contributed by atoms with Crippen LogP contribution in [0.15, 0.2) is 18.2 Å². The van der Waals surface area contributed by atoms with Crippen LogP contribution < -0.4 is 0 Å². The van der Waals surface area contributed by atoms with Crippen LogP contribution in [0.1, 0.15) is 30.0 Å². The molecular weight excluding hydrogens is 214 g/mol. The summed E-state index contributed by atoms with van der Waals surface area (Å²) in [6.45, 7) is 6.21. The monoisotopic (exact) mass is 233 g/mol. The molecule has 1 aliphatic rings. The van der Waals surface area contributed by atoms with E-state index in [1.807, 2.05) is 0 Å². The number of hydrogen-bond acceptors (Lipinski definition) is 2. The van der Waals surface area contributed by atoms with E-state index in [4.69, 9.17) is 4.74 Å². The summed E-state index contributed by atoms with van der Waals surface area (Å²) >= 11 is 0. The summed E-state index contributed by atoms with van der Waals surface area (Å²) in [5, 5.41) is 0. The van der Waals surface area contributed by atoms with Crippen LogP contribution in [0, 0.1) is 6.92 Å². The summed E-state index contributed by atoms with van der Waals surface area (Å²) < 4.78 is 4.92. The van der Waals surface area contributed by atoms with Crippen LogP contribution in [0.2, 0.25) is 0 Å². The molecule has 3 heteroatoms. The number of aryl methyl sites for hydroxylation is 2. The fraction of sp³-hybridized carbons (Fsp3) is 0.500. The second kappa shape index (κ2) is 5.21. The first-order valence-corrected chi connectivity index (χ1v) is 6.21. The molecule has 0 aliphatic carbocycles. The molecular formula is C14H19NO2. The van der Waals surface area contributed by atoms with Crippen LogP contribution in [0.4, 0.5) is 4.79 Å². The van der Waals surface area contributed by atoms with Crippen molar-refractivity contribution in [1.29, 1.82) is 0 Å². The molecule has 0 atom stereocenters. The van der Waals surface area contributed by atoms with Crippen LogP contribution in [-0.4, -0.2) is 24.1 Å². The summed E-state index contributed by atoms with van der Waals surface area (Å²) in [5.74, 6) is 0. The maximum absolute atomic E-state index is 11.3. The van der Waals surface area contributed by atoms with Crippen molar-refractivity contribution in [2.24, 2.45) is 0 Å².